The zero-order chi connectivity index (χ0) is 12.1. The lowest BCUT2D eigenvalue weighted by atomic mass is 10.3. The van der Waals surface area contributed by atoms with Gasteiger partial charge in [0.2, 0.25) is 0 Å². The van der Waals surface area contributed by atoms with Crippen molar-refractivity contribution in [2.45, 2.75) is 12.6 Å². The van der Waals surface area contributed by atoms with Crippen LogP contribution in [-0.4, -0.2) is 35.9 Å². The largest absolute Gasteiger partial charge is 0.383 e. The van der Waals surface area contributed by atoms with Gasteiger partial charge in [-0.15, -0.1) is 0 Å². The van der Waals surface area contributed by atoms with E-state index >= 15 is 0 Å². The van der Waals surface area contributed by atoms with Gasteiger partial charge in [0.05, 0.1) is 6.61 Å². The van der Waals surface area contributed by atoms with Crippen LogP contribution in [0.1, 0.15) is 0 Å². The lowest BCUT2D eigenvalue weighted by Crippen LogP contribution is -2.44. The monoisotopic (exact) mass is 227 g/mol. The van der Waals surface area contributed by atoms with Crippen molar-refractivity contribution in [2.24, 2.45) is 7.05 Å². The minimum Gasteiger partial charge on any atom is -0.383 e. The zero-order valence-electron chi connectivity index (χ0n) is 9.77. The Labute approximate surface area is 93.5 Å². The molecule has 1 unspecified atom stereocenters. The molecule has 6 nitrogen and oxygen atoms in total. The molecule has 0 aliphatic heterocycles. The Bertz CT molecular complexity index is 449. The number of hydrogen-bond donors (Lipinski definition) is 1. The number of methoxy groups -OCH3 is 1. The lowest BCUT2D eigenvalue weighted by molar-refractivity contribution is 0.161. The van der Waals surface area contributed by atoms with Gasteiger partial charge in [-0.25, -0.2) is 0 Å². The van der Waals surface area contributed by atoms with Gasteiger partial charge in [0.1, 0.15) is 0 Å². The van der Waals surface area contributed by atoms with Crippen LogP contribution in [0.25, 0.3) is 0 Å². The molecule has 1 atom stereocenters. The van der Waals surface area contributed by atoms with Gasteiger partial charge in [0, 0.05) is 39.1 Å². The molecule has 6 heteroatoms. The summed E-state index contributed by atoms with van der Waals surface area (Å²) in [6, 6.07) is 0.00908. The summed E-state index contributed by atoms with van der Waals surface area (Å²) < 4.78 is 7.66. The second-order valence-corrected chi connectivity index (χ2v) is 3.61. The highest BCUT2D eigenvalue weighted by Crippen LogP contribution is 1.88. The second-order valence-electron chi connectivity index (χ2n) is 3.61. The Morgan fingerprint density at radius 2 is 2.06 bits per heavy atom. The van der Waals surface area contributed by atoms with E-state index in [-0.39, 0.29) is 6.04 Å². The van der Waals surface area contributed by atoms with Crippen molar-refractivity contribution in [1.82, 2.24) is 14.5 Å². The number of likely N-dealkylation sites (N-methyl/N-ethyl adjacent to an activating group) is 1. The van der Waals surface area contributed by atoms with Crippen molar-refractivity contribution in [2.75, 3.05) is 20.8 Å². The number of aryl methyl sites for hydroxylation is 1. The maximum atomic E-state index is 11.6. The molecule has 0 aromatic carbocycles. The average molecular weight is 227 g/mol. The van der Waals surface area contributed by atoms with Crippen molar-refractivity contribution in [3.05, 3.63) is 33.1 Å². The van der Waals surface area contributed by atoms with Crippen molar-refractivity contribution in [1.29, 1.82) is 0 Å². The molecule has 0 aliphatic carbocycles. The normalized spacial score (nSPS) is 12.7. The molecule has 0 fully saturated rings. The predicted molar refractivity (Wildman–Crippen MR) is 60.7 cm³/mol. The van der Waals surface area contributed by atoms with E-state index in [1.54, 1.807) is 33.6 Å². The van der Waals surface area contributed by atoms with Gasteiger partial charge in [0.15, 0.2) is 0 Å². The van der Waals surface area contributed by atoms with Crippen molar-refractivity contribution in [3.63, 3.8) is 0 Å². The van der Waals surface area contributed by atoms with Crippen LogP contribution in [0.2, 0.25) is 0 Å². The zero-order valence-corrected chi connectivity index (χ0v) is 9.77. The van der Waals surface area contributed by atoms with Crippen LogP contribution in [-0.2, 0) is 18.3 Å². The highest BCUT2D eigenvalue weighted by atomic mass is 16.5. The summed E-state index contributed by atoms with van der Waals surface area (Å²) in [5, 5.41) is 3.02. The third-order valence-corrected chi connectivity index (χ3v) is 2.43. The fraction of sp³-hybridized carbons (Fsp3) is 0.600. The number of nitrogens with one attached hydrogen (secondary N) is 1. The molecule has 0 spiro atoms. The first-order valence-corrected chi connectivity index (χ1v) is 5.02. The maximum Gasteiger partial charge on any atom is 0.316 e. The molecule has 0 saturated carbocycles. The molecule has 0 radical (unpaired) electrons. The van der Waals surface area contributed by atoms with Gasteiger partial charge in [-0.1, -0.05) is 0 Å². The summed E-state index contributed by atoms with van der Waals surface area (Å²) >= 11 is 0. The van der Waals surface area contributed by atoms with Crippen molar-refractivity contribution >= 4 is 0 Å². The maximum absolute atomic E-state index is 11.6. The number of aromatic nitrogens is 2. The standard InChI is InChI=1S/C10H17N3O3/c1-11-8(7-16-3)6-13-5-4-12(2)9(14)10(13)15/h4-5,8,11H,6-7H2,1-3H3. The summed E-state index contributed by atoms with van der Waals surface area (Å²) in [6.07, 6.45) is 3.17. The van der Waals surface area contributed by atoms with E-state index in [4.69, 9.17) is 4.74 Å². The Morgan fingerprint density at radius 3 is 2.62 bits per heavy atom. The molecular weight excluding hydrogens is 210 g/mol. The molecule has 16 heavy (non-hydrogen) atoms. The smallest absolute Gasteiger partial charge is 0.316 e. The summed E-state index contributed by atoms with van der Waals surface area (Å²) in [6.45, 7) is 0.900. The molecule has 1 N–H and O–H groups in total. The van der Waals surface area contributed by atoms with Crippen LogP contribution in [0.15, 0.2) is 22.0 Å². The number of rotatable bonds is 5. The topological polar surface area (TPSA) is 65.3 Å². The van der Waals surface area contributed by atoms with Gasteiger partial charge in [-0.05, 0) is 7.05 Å². The Balaban J connectivity index is 2.93. The van der Waals surface area contributed by atoms with Crippen LogP contribution in [0.4, 0.5) is 0 Å². The Morgan fingerprint density at radius 1 is 1.38 bits per heavy atom. The summed E-state index contributed by atoms with van der Waals surface area (Å²) in [5.74, 6) is 0. The third kappa shape index (κ3) is 2.80. The first kappa shape index (κ1) is 12.7. The van der Waals surface area contributed by atoms with Gasteiger partial charge >= 0.3 is 11.1 Å². The van der Waals surface area contributed by atoms with Crippen LogP contribution < -0.4 is 16.4 Å². The molecule has 0 amide bonds. The fourth-order valence-corrected chi connectivity index (χ4v) is 1.40. The first-order chi connectivity index (χ1) is 7.60. The Hall–Kier alpha value is -1.40. The SMILES string of the molecule is CNC(COC)Cn1ccn(C)c(=O)c1=O. The van der Waals surface area contributed by atoms with E-state index in [1.807, 2.05) is 0 Å². The lowest BCUT2D eigenvalue weighted by Gasteiger charge is -2.16. The molecule has 1 aromatic heterocycles. The minimum absolute atomic E-state index is 0.00908. The van der Waals surface area contributed by atoms with E-state index in [9.17, 15) is 9.59 Å². The molecule has 0 saturated heterocycles. The summed E-state index contributed by atoms with van der Waals surface area (Å²) in [5.41, 5.74) is -1.03. The van der Waals surface area contributed by atoms with Crippen LogP contribution >= 0.6 is 0 Å². The van der Waals surface area contributed by atoms with Gasteiger partial charge < -0.3 is 19.2 Å². The number of hydrogen-bond acceptors (Lipinski definition) is 4. The molecule has 0 bridgehead atoms. The van der Waals surface area contributed by atoms with E-state index < -0.39 is 11.1 Å². The van der Waals surface area contributed by atoms with Crippen molar-refractivity contribution < 1.29 is 4.74 Å². The third-order valence-electron chi connectivity index (χ3n) is 2.43. The fourth-order valence-electron chi connectivity index (χ4n) is 1.40. The highest BCUT2D eigenvalue weighted by molar-refractivity contribution is 4.86. The average Bonchev–Trinajstić information content (AvgIpc) is 2.29. The van der Waals surface area contributed by atoms with Crippen molar-refractivity contribution in [3.8, 4) is 0 Å². The second kappa shape index (κ2) is 5.62. The summed E-state index contributed by atoms with van der Waals surface area (Å²) in [4.78, 5) is 23.0. The molecular formula is C10H17N3O3. The molecule has 90 valence electrons. The quantitative estimate of drug-likeness (QED) is 0.640. The van der Waals surface area contributed by atoms with E-state index in [0.717, 1.165) is 0 Å². The van der Waals surface area contributed by atoms with E-state index in [1.165, 1.54) is 9.13 Å². The molecule has 0 aliphatic rings. The number of ether oxygens (including phenoxy) is 1. The predicted octanol–water partition coefficient (Wildman–Crippen LogP) is -1.22. The summed E-state index contributed by atoms with van der Waals surface area (Å²) in [7, 11) is 4.94. The van der Waals surface area contributed by atoms with E-state index in [2.05, 4.69) is 5.32 Å². The molecule has 1 aromatic rings. The van der Waals surface area contributed by atoms with Crippen LogP contribution in [0.5, 0.6) is 0 Å². The molecule has 1 rings (SSSR count). The van der Waals surface area contributed by atoms with Gasteiger partial charge in [-0.3, -0.25) is 9.59 Å². The molecule has 1 heterocycles. The minimum atomic E-state index is -0.519. The van der Waals surface area contributed by atoms with Crippen LogP contribution in [0.3, 0.4) is 0 Å². The van der Waals surface area contributed by atoms with Gasteiger partial charge in [0.25, 0.3) is 0 Å². The van der Waals surface area contributed by atoms with E-state index in [0.29, 0.717) is 13.2 Å². The first-order valence-electron chi connectivity index (χ1n) is 5.02. The number of nitrogens with zero attached hydrogens (tertiary/aromatic N) is 2. The van der Waals surface area contributed by atoms with Gasteiger partial charge in [-0.2, -0.15) is 0 Å². The highest BCUT2D eigenvalue weighted by Gasteiger charge is 2.09. The van der Waals surface area contributed by atoms with Crippen LogP contribution in [0, 0.1) is 0 Å². The Kier molecular flexibility index (Phi) is 4.45.